The maximum Gasteiger partial charge on any atom is 0.451 e. The highest BCUT2D eigenvalue weighted by Gasteiger charge is 2.35. The van der Waals surface area contributed by atoms with Gasteiger partial charge in [0, 0.05) is 12.6 Å². The van der Waals surface area contributed by atoms with Crippen molar-refractivity contribution in [2.75, 3.05) is 0 Å². The molecule has 128 valence electrons. The molecule has 1 N–H and O–H groups in total. The molecule has 0 aromatic carbocycles. The molecule has 3 rings (SSSR count). The van der Waals surface area contributed by atoms with Crippen molar-refractivity contribution in [3.63, 3.8) is 0 Å². The quantitative estimate of drug-likeness (QED) is 0.887. The Bertz CT molecular complexity index is 842. The zero-order chi connectivity index (χ0) is 17.5. The number of halogens is 3. The predicted octanol–water partition coefficient (Wildman–Crippen LogP) is 0.864. The van der Waals surface area contributed by atoms with Crippen molar-refractivity contribution in [3.8, 4) is 0 Å². The molecule has 24 heavy (non-hydrogen) atoms. The average molecular weight is 343 g/mol. The molecule has 0 aliphatic carbocycles. The van der Waals surface area contributed by atoms with Crippen molar-refractivity contribution < 1.29 is 23.1 Å². The number of aryl methyl sites for hydroxylation is 1. The summed E-state index contributed by atoms with van der Waals surface area (Å²) in [6, 6.07) is 0.237. The Kier molecular flexibility index (Phi) is 3.85. The van der Waals surface area contributed by atoms with Crippen LogP contribution in [0.25, 0.3) is 0 Å². The Labute approximate surface area is 132 Å². The Balaban J connectivity index is 1.95. The highest BCUT2D eigenvalue weighted by molar-refractivity contribution is 5.72. The van der Waals surface area contributed by atoms with E-state index in [4.69, 9.17) is 0 Å². The Hall–Kier alpha value is -2.72. The minimum Gasteiger partial charge on any atom is -0.480 e. The van der Waals surface area contributed by atoms with Crippen LogP contribution in [0.5, 0.6) is 0 Å². The van der Waals surface area contributed by atoms with Gasteiger partial charge in [0.2, 0.25) is 5.82 Å². The summed E-state index contributed by atoms with van der Waals surface area (Å²) in [5.74, 6) is -2.14. The van der Waals surface area contributed by atoms with Crippen molar-refractivity contribution in [2.45, 2.75) is 38.0 Å². The topological polar surface area (TPSA) is 103 Å². The SMILES string of the molecule is O=C(O)[C@H]1CCCc2nn(Cc3ccnc(C(F)(F)F)n3)c(=O)n21. The lowest BCUT2D eigenvalue weighted by atomic mass is 10.1. The van der Waals surface area contributed by atoms with Gasteiger partial charge in [-0.15, -0.1) is 0 Å². The van der Waals surface area contributed by atoms with Gasteiger partial charge in [0.05, 0.1) is 12.2 Å². The summed E-state index contributed by atoms with van der Waals surface area (Å²) in [5.41, 5.74) is -0.717. The third kappa shape index (κ3) is 2.88. The first kappa shape index (κ1) is 16.1. The van der Waals surface area contributed by atoms with Crippen molar-refractivity contribution in [1.29, 1.82) is 0 Å². The van der Waals surface area contributed by atoms with E-state index < -0.39 is 29.7 Å². The fraction of sp³-hybridized carbons (Fsp3) is 0.462. The van der Waals surface area contributed by atoms with Crippen molar-refractivity contribution in [3.05, 3.63) is 40.1 Å². The standard InChI is InChI=1S/C13H12F3N5O3/c14-13(15,16)11-17-5-4-7(18-11)6-20-12(24)21-8(10(22)23)2-1-3-9(21)19-20/h4-5,8H,1-3,6H2,(H,22,23)/t8-/m1/s1. The maximum absolute atomic E-state index is 12.6. The molecular formula is C13H12F3N5O3. The number of carboxylic acid groups (broad SMARTS) is 1. The van der Waals surface area contributed by atoms with Crippen LogP contribution < -0.4 is 5.69 Å². The molecular weight excluding hydrogens is 331 g/mol. The van der Waals surface area contributed by atoms with Gasteiger partial charge in [0.15, 0.2) is 0 Å². The summed E-state index contributed by atoms with van der Waals surface area (Å²) in [6.07, 6.45) is -2.43. The minimum atomic E-state index is -4.69. The van der Waals surface area contributed by atoms with Gasteiger partial charge in [0.25, 0.3) is 0 Å². The first-order valence-corrected chi connectivity index (χ1v) is 7.07. The van der Waals surface area contributed by atoms with E-state index in [1.807, 2.05) is 0 Å². The van der Waals surface area contributed by atoms with Crippen LogP contribution >= 0.6 is 0 Å². The number of hydrogen-bond acceptors (Lipinski definition) is 5. The zero-order valence-electron chi connectivity index (χ0n) is 12.2. The lowest BCUT2D eigenvalue weighted by Crippen LogP contribution is -2.34. The van der Waals surface area contributed by atoms with Crippen LogP contribution in [0.1, 0.15) is 36.2 Å². The van der Waals surface area contributed by atoms with E-state index in [9.17, 15) is 27.9 Å². The van der Waals surface area contributed by atoms with Gasteiger partial charge < -0.3 is 5.11 Å². The fourth-order valence-corrected chi connectivity index (χ4v) is 2.64. The second kappa shape index (κ2) is 5.73. The number of nitrogens with zero attached hydrogens (tertiary/aromatic N) is 5. The molecule has 0 radical (unpaired) electrons. The van der Waals surface area contributed by atoms with Crippen LogP contribution in [0, 0.1) is 0 Å². The summed E-state index contributed by atoms with van der Waals surface area (Å²) in [6.45, 7) is -0.295. The summed E-state index contributed by atoms with van der Waals surface area (Å²) < 4.78 is 39.9. The fourth-order valence-electron chi connectivity index (χ4n) is 2.64. The third-order valence-corrected chi connectivity index (χ3v) is 3.69. The van der Waals surface area contributed by atoms with E-state index >= 15 is 0 Å². The summed E-state index contributed by atoms with van der Waals surface area (Å²) in [4.78, 5) is 30.1. The molecule has 1 aliphatic heterocycles. The van der Waals surface area contributed by atoms with Crippen LogP contribution in [-0.2, 0) is 23.9 Å². The number of carboxylic acids is 1. The number of aromatic nitrogens is 5. The second-order valence-electron chi connectivity index (χ2n) is 5.34. The lowest BCUT2D eigenvalue weighted by Gasteiger charge is -2.19. The molecule has 1 aliphatic rings. The molecule has 2 aromatic rings. The number of rotatable bonds is 3. The van der Waals surface area contributed by atoms with Gasteiger partial charge in [0.1, 0.15) is 11.9 Å². The molecule has 11 heteroatoms. The van der Waals surface area contributed by atoms with Crippen LogP contribution in [-0.4, -0.2) is 35.4 Å². The zero-order valence-corrected chi connectivity index (χ0v) is 12.2. The monoisotopic (exact) mass is 343 g/mol. The van der Waals surface area contributed by atoms with E-state index in [0.29, 0.717) is 25.1 Å². The predicted molar refractivity (Wildman–Crippen MR) is 72.2 cm³/mol. The molecule has 8 nitrogen and oxygen atoms in total. The first-order chi connectivity index (χ1) is 11.3. The van der Waals surface area contributed by atoms with Gasteiger partial charge >= 0.3 is 17.8 Å². The van der Waals surface area contributed by atoms with Crippen LogP contribution in [0.3, 0.4) is 0 Å². The summed E-state index contributed by atoms with van der Waals surface area (Å²) >= 11 is 0. The van der Waals surface area contributed by atoms with Crippen LogP contribution in [0.2, 0.25) is 0 Å². The Morgan fingerprint density at radius 3 is 2.83 bits per heavy atom. The number of hydrogen-bond donors (Lipinski definition) is 1. The first-order valence-electron chi connectivity index (χ1n) is 7.07. The maximum atomic E-state index is 12.6. The van der Waals surface area contributed by atoms with E-state index in [0.717, 1.165) is 15.4 Å². The number of fused-ring (bicyclic) bond motifs is 1. The average Bonchev–Trinajstić information content (AvgIpc) is 2.83. The summed E-state index contributed by atoms with van der Waals surface area (Å²) in [7, 11) is 0. The molecule has 0 spiro atoms. The molecule has 0 saturated heterocycles. The molecule has 3 heterocycles. The van der Waals surface area contributed by atoms with Crippen molar-refractivity contribution in [2.24, 2.45) is 0 Å². The molecule has 1 atom stereocenters. The van der Waals surface area contributed by atoms with E-state index in [1.54, 1.807) is 0 Å². The molecule has 0 amide bonds. The van der Waals surface area contributed by atoms with Gasteiger partial charge in [-0.25, -0.2) is 24.2 Å². The van der Waals surface area contributed by atoms with Gasteiger partial charge in [-0.05, 0) is 18.9 Å². The molecule has 0 unspecified atom stereocenters. The van der Waals surface area contributed by atoms with Gasteiger partial charge in [-0.1, -0.05) is 0 Å². The van der Waals surface area contributed by atoms with E-state index in [1.165, 1.54) is 6.07 Å². The van der Waals surface area contributed by atoms with E-state index in [2.05, 4.69) is 15.1 Å². The Morgan fingerprint density at radius 1 is 1.42 bits per heavy atom. The Morgan fingerprint density at radius 2 is 2.17 bits per heavy atom. The van der Waals surface area contributed by atoms with Crippen molar-refractivity contribution in [1.82, 2.24) is 24.3 Å². The second-order valence-corrected chi connectivity index (χ2v) is 5.34. The number of aliphatic carboxylic acids is 1. The van der Waals surface area contributed by atoms with Crippen LogP contribution in [0.15, 0.2) is 17.1 Å². The highest BCUT2D eigenvalue weighted by atomic mass is 19.4. The molecule has 0 saturated carbocycles. The molecule has 0 bridgehead atoms. The van der Waals surface area contributed by atoms with Crippen molar-refractivity contribution >= 4 is 5.97 Å². The molecule has 0 fully saturated rings. The van der Waals surface area contributed by atoms with Gasteiger partial charge in [-0.3, -0.25) is 4.57 Å². The molecule has 2 aromatic heterocycles. The smallest absolute Gasteiger partial charge is 0.451 e. The minimum absolute atomic E-state index is 0.0400. The summed E-state index contributed by atoms with van der Waals surface area (Å²) in [5, 5.41) is 13.2. The van der Waals surface area contributed by atoms with Crippen LogP contribution in [0.4, 0.5) is 13.2 Å². The largest absolute Gasteiger partial charge is 0.480 e. The van der Waals surface area contributed by atoms with E-state index in [-0.39, 0.29) is 12.2 Å². The lowest BCUT2D eigenvalue weighted by molar-refractivity contribution is -0.145. The normalized spacial score (nSPS) is 17.5. The number of carbonyl (C=O) groups is 1. The third-order valence-electron chi connectivity index (χ3n) is 3.69. The highest BCUT2D eigenvalue weighted by Crippen LogP contribution is 2.26. The number of alkyl halides is 3. The van der Waals surface area contributed by atoms with Gasteiger partial charge in [-0.2, -0.15) is 18.3 Å².